The Morgan fingerprint density at radius 3 is 0.429 bits per heavy atom. The molecule has 0 saturated heterocycles. The van der Waals surface area contributed by atoms with Gasteiger partial charge in [0.2, 0.25) is 0 Å². The molecule has 0 rings (SSSR count). The summed E-state index contributed by atoms with van der Waals surface area (Å²) in [5.74, 6) is 0. The van der Waals surface area contributed by atoms with Crippen molar-refractivity contribution >= 4 is 0 Å². The molecule has 0 aliphatic rings. The summed E-state index contributed by atoms with van der Waals surface area (Å²) in [5, 5.41) is 0. The molecule has 0 aromatic rings. The first kappa shape index (κ1) is 64.3. The molecule has 0 spiro atoms. The maximum absolute atomic E-state index is 0. The van der Waals surface area contributed by atoms with Crippen LogP contribution in [0.3, 0.4) is 0 Å². The van der Waals surface area contributed by atoms with E-state index in [1.165, 1.54) is 0 Å². The van der Waals surface area contributed by atoms with Gasteiger partial charge >= 0.3 is 81.7 Å². The van der Waals surface area contributed by atoms with E-state index in [0.29, 0.717) is 0 Å². The van der Waals surface area contributed by atoms with Crippen molar-refractivity contribution in [2.45, 2.75) is 0 Å². The van der Waals surface area contributed by atoms with E-state index in [1.54, 1.807) is 0 Å². The summed E-state index contributed by atoms with van der Waals surface area (Å²) in [6.45, 7) is 0. The SMILES string of the molecule is [Nd+3].[Nd+3].[O-2].[O-2].[O-2].[Zr].[Zr]. The van der Waals surface area contributed by atoms with Crippen LogP contribution in [0, 0.1) is 81.7 Å². The first-order valence-electron chi connectivity index (χ1n) is 0. The fourth-order valence-electron chi connectivity index (χ4n) is 0. The van der Waals surface area contributed by atoms with Crippen LogP contribution in [0.1, 0.15) is 0 Å². The van der Waals surface area contributed by atoms with E-state index < -0.39 is 0 Å². The maximum atomic E-state index is 0. The Kier molecular flexibility index (Phi) is 439. The van der Waals surface area contributed by atoms with E-state index in [9.17, 15) is 0 Å². The van der Waals surface area contributed by atoms with Gasteiger partial charge in [0.25, 0.3) is 0 Å². The Hall–Kier alpha value is 4.35. The maximum Gasteiger partial charge on any atom is 3.00 e. The second kappa shape index (κ2) is 47.8. The van der Waals surface area contributed by atoms with Crippen molar-refractivity contribution in [2.24, 2.45) is 0 Å². The van der Waals surface area contributed by atoms with Crippen LogP contribution in [0.2, 0.25) is 0 Å². The Balaban J connectivity index is 0. The summed E-state index contributed by atoms with van der Waals surface area (Å²) in [6, 6.07) is 0. The van der Waals surface area contributed by atoms with E-state index in [1.807, 2.05) is 0 Å². The van der Waals surface area contributed by atoms with Crippen molar-refractivity contribution < 1.29 is 151 Å². The number of hydrogen-bond acceptors (Lipinski definition) is 0. The van der Waals surface area contributed by atoms with E-state index in [0.717, 1.165) is 0 Å². The van der Waals surface area contributed by atoms with E-state index >= 15 is 0 Å². The number of rotatable bonds is 0. The van der Waals surface area contributed by atoms with Crippen LogP contribution in [0.25, 0.3) is 0 Å². The van der Waals surface area contributed by atoms with Crippen molar-refractivity contribution in [3.8, 4) is 0 Å². The van der Waals surface area contributed by atoms with Crippen molar-refractivity contribution in [3.05, 3.63) is 0 Å². The second-order valence-corrected chi connectivity index (χ2v) is 0. The summed E-state index contributed by atoms with van der Waals surface area (Å²) in [5.41, 5.74) is 0. The minimum Gasteiger partial charge on any atom is -2.00 e. The van der Waals surface area contributed by atoms with E-state index in [-0.39, 0.29) is 151 Å². The monoisotopic (exact) mass is 512 g/mol. The normalized spacial score (nSPS) is 0. The van der Waals surface area contributed by atoms with Crippen LogP contribution >= 0.6 is 0 Å². The fraction of sp³-hybridized carbons (Fsp3) is 0. The van der Waals surface area contributed by atoms with Gasteiger partial charge in [0, 0.05) is 52.4 Å². The van der Waals surface area contributed by atoms with Gasteiger partial charge in [-0.1, -0.05) is 0 Å². The smallest absolute Gasteiger partial charge is 2.00 e. The Bertz CT molecular complexity index is 10.9. The molecule has 0 amide bonds. The minimum absolute atomic E-state index is 0. The largest absolute Gasteiger partial charge is 3.00 e. The number of hydrogen-bond donors (Lipinski definition) is 0. The Morgan fingerprint density at radius 1 is 0.429 bits per heavy atom. The first-order valence-corrected chi connectivity index (χ1v) is 0. The molecule has 0 heterocycles. The molecule has 3 nitrogen and oxygen atoms in total. The average Bonchev–Trinajstić information content (AvgIpc) is 0. The third-order valence-corrected chi connectivity index (χ3v) is 0. The van der Waals surface area contributed by atoms with E-state index in [2.05, 4.69) is 0 Å². The molecule has 0 unspecified atom stereocenters. The van der Waals surface area contributed by atoms with Crippen LogP contribution in [0.5, 0.6) is 0 Å². The van der Waals surface area contributed by atoms with E-state index in [4.69, 9.17) is 0 Å². The quantitative estimate of drug-likeness (QED) is 0.419. The van der Waals surface area contributed by atoms with Crippen molar-refractivity contribution in [1.82, 2.24) is 0 Å². The molecule has 7 heteroatoms. The zero-order chi connectivity index (χ0) is 0. The molecule has 2 radical (unpaired) electrons. The minimum atomic E-state index is 0. The zero-order valence-corrected chi connectivity index (χ0v) is 14.6. The van der Waals surface area contributed by atoms with Crippen molar-refractivity contribution in [3.63, 3.8) is 0 Å². The summed E-state index contributed by atoms with van der Waals surface area (Å²) in [6.07, 6.45) is 0. The standard InChI is InChI=1S/2Nd.3O.2Zr/q2*+3;3*-2;;. The second-order valence-electron chi connectivity index (χ2n) is 0. The fourth-order valence-corrected chi connectivity index (χ4v) is 0. The predicted octanol–water partition coefficient (Wildman–Crippen LogP) is -0.361. The van der Waals surface area contributed by atoms with Gasteiger partial charge in [0.15, 0.2) is 0 Å². The molecule has 0 saturated carbocycles. The van der Waals surface area contributed by atoms with Gasteiger partial charge in [-0.2, -0.15) is 0 Å². The summed E-state index contributed by atoms with van der Waals surface area (Å²) in [7, 11) is 0. The third-order valence-electron chi connectivity index (χ3n) is 0. The van der Waals surface area contributed by atoms with Crippen molar-refractivity contribution in [1.29, 1.82) is 0 Å². The van der Waals surface area contributed by atoms with Crippen LogP contribution in [0.15, 0.2) is 0 Å². The third kappa shape index (κ3) is 38.1. The topological polar surface area (TPSA) is 85.5 Å². The predicted molar refractivity (Wildman–Crippen MR) is 2.06 cm³/mol. The summed E-state index contributed by atoms with van der Waals surface area (Å²) in [4.78, 5) is 0. The Morgan fingerprint density at radius 2 is 0.429 bits per heavy atom. The molecule has 0 bridgehead atoms. The van der Waals surface area contributed by atoms with Gasteiger partial charge in [0.05, 0.1) is 0 Å². The van der Waals surface area contributed by atoms with Crippen molar-refractivity contribution in [2.75, 3.05) is 0 Å². The van der Waals surface area contributed by atoms with Crippen LogP contribution in [0.4, 0.5) is 0 Å². The molecule has 34 valence electrons. The van der Waals surface area contributed by atoms with Crippen LogP contribution in [-0.2, 0) is 68.8 Å². The molecule has 0 aliphatic carbocycles. The molecule has 0 aromatic carbocycles. The van der Waals surface area contributed by atoms with Gasteiger partial charge in [-0.3, -0.25) is 0 Å². The van der Waals surface area contributed by atoms with Crippen LogP contribution in [-0.4, -0.2) is 0 Å². The molecule has 0 aliphatic heterocycles. The summed E-state index contributed by atoms with van der Waals surface area (Å²) >= 11 is 0. The van der Waals surface area contributed by atoms with Gasteiger partial charge < -0.3 is 16.4 Å². The molecule has 0 aromatic heterocycles. The zero-order valence-electron chi connectivity index (χ0n) is 3.22. The Labute approximate surface area is 146 Å². The molecule has 0 atom stereocenters. The van der Waals surface area contributed by atoms with Crippen LogP contribution < -0.4 is 0 Å². The molecular weight excluding hydrogens is 519 g/mol. The van der Waals surface area contributed by atoms with Gasteiger partial charge in [-0.05, 0) is 0 Å². The first-order chi connectivity index (χ1) is 0. The molecule has 0 fully saturated rings. The average molecular weight is 519 g/mol. The molecule has 0 N–H and O–H groups in total. The molecule has 7 heavy (non-hydrogen) atoms. The summed E-state index contributed by atoms with van der Waals surface area (Å²) < 4.78 is 0. The molecular formula is Nd2O3Zr2. The van der Waals surface area contributed by atoms with Gasteiger partial charge in [-0.15, -0.1) is 0 Å². The van der Waals surface area contributed by atoms with Gasteiger partial charge in [-0.25, -0.2) is 0 Å². The van der Waals surface area contributed by atoms with Gasteiger partial charge in [0.1, 0.15) is 0 Å².